The lowest BCUT2D eigenvalue weighted by molar-refractivity contribution is 0.241. The monoisotopic (exact) mass is 306 g/mol. The minimum absolute atomic E-state index is 0.108. The predicted octanol–water partition coefficient (Wildman–Crippen LogP) is 1.85. The van der Waals surface area contributed by atoms with Crippen LogP contribution in [0.15, 0.2) is 23.1 Å². The SMILES string of the molecule is CCCN(C1CNC1)S(=O)(=O)c1cccc(Cl)c1F. The molecular formula is C12H16ClFN2O2S. The van der Waals surface area contributed by atoms with E-state index in [2.05, 4.69) is 5.32 Å². The Kier molecular flexibility index (Phi) is 4.45. The van der Waals surface area contributed by atoms with Gasteiger partial charge in [0.1, 0.15) is 4.90 Å². The van der Waals surface area contributed by atoms with Gasteiger partial charge in [-0.05, 0) is 18.6 Å². The average Bonchev–Trinajstić information content (AvgIpc) is 2.29. The number of nitrogens with one attached hydrogen (secondary N) is 1. The smallest absolute Gasteiger partial charge is 0.246 e. The second-order valence-electron chi connectivity index (χ2n) is 4.48. The van der Waals surface area contributed by atoms with E-state index in [0.29, 0.717) is 26.1 Å². The highest BCUT2D eigenvalue weighted by Crippen LogP contribution is 2.26. The van der Waals surface area contributed by atoms with Crippen molar-refractivity contribution in [1.29, 1.82) is 0 Å². The lowest BCUT2D eigenvalue weighted by atomic mass is 10.2. The molecule has 0 amide bonds. The van der Waals surface area contributed by atoms with Crippen molar-refractivity contribution in [1.82, 2.24) is 9.62 Å². The zero-order valence-corrected chi connectivity index (χ0v) is 12.1. The van der Waals surface area contributed by atoms with Gasteiger partial charge in [0.15, 0.2) is 5.82 Å². The molecule has 1 aromatic carbocycles. The van der Waals surface area contributed by atoms with E-state index in [1.807, 2.05) is 6.92 Å². The summed E-state index contributed by atoms with van der Waals surface area (Å²) in [5, 5.41) is 2.85. The Labute approximate surface area is 117 Å². The molecule has 4 nitrogen and oxygen atoms in total. The molecule has 1 N–H and O–H groups in total. The van der Waals surface area contributed by atoms with Crippen LogP contribution >= 0.6 is 11.6 Å². The molecular weight excluding hydrogens is 291 g/mol. The normalized spacial score (nSPS) is 16.6. The van der Waals surface area contributed by atoms with Crippen molar-refractivity contribution in [2.45, 2.75) is 24.3 Å². The molecule has 1 aliphatic rings. The van der Waals surface area contributed by atoms with Crippen molar-refractivity contribution < 1.29 is 12.8 Å². The van der Waals surface area contributed by atoms with Crippen molar-refractivity contribution in [3.8, 4) is 0 Å². The zero-order valence-electron chi connectivity index (χ0n) is 10.6. The van der Waals surface area contributed by atoms with Crippen LogP contribution in [0.1, 0.15) is 13.3 Å². The van der Waals surface area contributed by atoms with Gasteiger partial charge in [-0.15, -0.1) is 0 Å². The Morgan fingerprint density at radius 1 is 1.47 bits per heavy atom. The standard InChI is InChI=1S/C12H16ClFN2O2S/c1-2-6-16(9-7-15-8-9)19(17,18)11-5-3-4-10(13)12(11)14/h3-5,9,15H,2,6-8H2,1H3. The molecule has 0 saturated carbocycles. The average molecular weight is 307 g/mol. The molecule has 19 heavy (non-hydrogen) atoms. The molecule has 7 heteroatoms. The van der Waals surface area contributed by atoms with E-state index in [0.717, 1.165) is 0 Å². The molecule has 1 aromatic rings. The number of halogens is 2. The van der Waals surface area contributed by atoms with Crippen LogP contribution in [-0.4, -0.2) is 38.4 Å². The third kappa shape index (κ3) is 2.76. The molecule has 0 bridgehead atoms. The molecule has 1 saturated heterocycles. The summed E-state index contributed by atoms with van der Waals surface area (Å²) in [4.78, 5) is -0.347. The van der Waals surface area contributed by atoms with Gasteiger partial charge in [0.2, 0.25) is 10.0 Å². The van der Waals surface area contributed by atoms with Gasteiger partial charge in [0.05, 0.1) is 11.1 Å². The maximum absolute atomic E-state index is 13.9. The lowest BCUT2D eigenvalue weighted by Gasteiger charge is -2.37. The Morgan fingerprint density at radius 2 is 2.16 bits per heavy atom. The zero-order chi connectivity index (χ0) is 14.0. The first-order valence-corrected chi connectivity index (χ1v) is 7.97. The van der Waals surface area contributed by atoms with Crippen molar-refractivity contribution in [2.75, 3.05) is 19.6 Å². The fourth-order valence-electron chi connectivity index (χ4n) is 2.01. The summed E-state index contributed by atoms with van der Waals surface area (Å²) < 4.78 is 40.3. The number of hydrogen-bond donors (Lipinski definition) is 1. The molecule has 0 aliphatic carbocycles. The van der Waals surface area contributed by atoms with Gasteiger partial charge in [0.25, 0.3) is 0 Å². The minimum Gasteiger partial charge on any atom is -0.313 e. The lowest BCUT2D eigenvalue weighted by Crippen LogP contribution is -2.58. The molecule has 1 fully saturated rings. The first kappa shape index (κ1) is 14.7. The topological polar surface area (TPSA) is 49.4 Å². The van der Waals surface area contributed by atoms with Crippen molar-refractivity contribution >= 4 is 21.6 Å². The third-order valence-corrected chi connectivity index (χ3v) is 5.38. The van der Waals surface area contributed by atoms with Gasteiger partial charge in [-0.1, -0.05) is 24.6 Å². The molecule has 0 unspecified atom stereocenters. The van der Waals surface area contributed by atoms with Crippen LogP contribution in [0.25, 0.3) is 0 Å². The summed E-state index contributed by atoms with van der Waals surface area (Å²) in [6.45, 7) is 3.46. The quantitative estimate of drug-likeness (QED) is 0.903. The van der Waals surface area contributed by atoms with Crippen LogP contribution in [0.4, 0.5) is 4.39 Å². The first-order valence-electron chi connectivity index (χ1n) is 6.15. The van der Waals surface area contributed by atoms with Crippen LogP contribution in [0.5, 0.6) is 0 Å². The first-order chi connectivity index (χ1) is 8.98. The van der Waals surface area contributed by atoms with Gasteiger partial charge in [-0.25, -0.2) is 12.8 Å². The number of rotatable bonds is 5. The third-order valence-electron chi connectivity index (χ3n) is 3.11. The van der Waals surface area contributed by atoms with Crippen LogP contribution < -0.4 is 5.32 Å². The molecule has 0 aromatic heterocycles. The highest BCUT2D eigenvalue weighted by molar-refractivity contribution is 7.89. The summed E-state index contributed by atoms with van der Waals surface area (Å²) in [6, 6.07) is 3.93. The summed E-state index contributed by atoms with van der Waals surface area (Å²) in [7, 11) is -3.84. The Balaban J connectivity index is 2.41. The molecule has 1 heterocycles. The highest BCUT2D eigenvalue weighted by atomic mass is 35.5. The van der Waals surface area contributed by atoms with Gasteiger partial charge >= 0.3 is 0 Å². The number of hydrogen-bond acceptors (Lipinski definition) is 3. The van der Waals surface area contributed by atoms with Crippen molar-refractivity contribution in [3.05, 3.63) is 29.0 Å². The van der Waals surface area contributed by atoms with Gasteiger partial charge in [0, 0.05) is 19.6 Å². The molecule has 2 rings (SSSR count). The fraction of sp³-hybridized carbons (Fsp3) is 0.500. The summed E-state index contributed by atoms with van der Waals surface area (Å²) in [6.07, 6.45) is 0.678. The van der Waals surface area contributed by atoms with Gasteiger partial charge in [-0.2, -0.15) is 4.31 Å². The van der Waals surface area contributed by atoms with Crippen LogP contribution in [0.3, 0.4) is 0 Å². The van der Waals surface area contributed by atoms with Crippen LogP contribution in [-0.2, 0) is 10.0 Å². The Bertz CT molecular complexity index is 561. The molecule has 106 valence electrons. The second-order valence-corrected chi connectivity index (χ2v) is 6.75. The number of nitrogens with zero attached hydrogens (tertiary/aromatic N) is 1. The Hall–Kier alpha value is -0.690. The number of sulfonamides is 1. The maximum Gasteiger partial charge on any atom is 0.246 e. The number of benzene rings is 1. The van der Waals surface area contributed by atoms with Gasteiger partial charge < -0.3 is 5.32 Å². The van der Waals surface area contributed by atoms with Crippen LogP contribution in [0.2, 0.25) is 5.02 Å². The molecule has 1 aliphatic heterocycles. The maximum atomic E-state index is 13.9. The van der Waals surface area contributed by atoms with E-state index < -0.39 is 15.8 Å². The predicted molar refractivity (Wildman–Crippen MR) is 72.3 cm³/mol. The van der Waals surface area contributed by atoms with E-state index in [4.69, 9.17) is 11.6 Å². The van der Waals surface area contributed by atoms with E-state index in [1.165, 1.54) is 22.5 Å². The highest BCUT2D eigenvalue weighted by Gasteiger charge is 2.35. The van der Waals surface area contributed by atoms with Gasteiger partial charge in [-0.3, -0.25) is 0 Å². The summed E-state index contributed by atoms with van der Waals surface area (Å²) in [5.41, 5.74) is 0. The van der Waals surface area contributed by atoms with Crippen molar-refractivity contribution in [2.24, 2.45) is 0 Å². The summed E-state index contributed by atoms with van der Waals surface area (Å²) >= 11 is 5.66. The molecule has 0 radical (unpaired) electrons. The fourth-order valence-corrected chi connectivity index (χ4v) is 4.04. The minimum atomic E-state index is -3.84. The molecule has 0 atom stereocenters. The Morgan fingerprint density at radius 3 is 2.68 bits per heavy atom. The van der Waals surface area contributed by atoms with Crippen LogP contribution in [0, 0.1) is 5.82 Å². The molecule has 0 spiro atoms. The summed E-state index contributed by atoms with van der Waals surface area (Å²) in [5.74, 6) is -0.877. The van der Waals surface area contributed by atoms with E-state index in [9.17, 15) is 12.8 Å². The van der Waals surface area contributed by atoms with E-state index in [1.54, 1.807) is 0 Å². The largest absolute Gasteiger partial charge is 0.313 e. The second kappa shape index (κ2) is 5.75. The van der Waals surface area contributed by atoms with E-state index in [-0.39, 0.29) is 16.0 Å². The van der Waals surface area contributed by atoms with E-state index >= 15 is 0 Å². The van der Waals surface area contributed by atoms with Crippen molar-refractivity contribution in [3.63, 3.8) is 0 Å².